The van der Waals surface area contributed by atoms with Crippen molar-refractivity contribution < 1.29 is 17.4 Å². The zero-order chi connectivity index (χ0) is 35.1. The molecule has 0 unspecified atom stereocenters. The van der Waals surface area contributed by atoms with Crippen molar-refractivity contribution in [1.29, 1.82) is 0 Å². The van der Waals surface area contributed by atoms with Crippen molar-refractivity contribution >= 4 is 0 Å². The average Bonchev–Trinajstić information content (AvgIpc) is 3.06. The third-order valence-electron chi connectivity index (χ3n) is 9.02. The molecule has 0 aliphatic rings. The summed E-state index contributed by atoms with van der Waals surface area (Å²) in [5.41, 5.74) is 20.5. The molecule has 0 spiro atoms. The van der Waals surface area contributed by atoms with Crippen molar-refractivity contribution in [3.63, 3.8) is 0 Å². The van der Waals surface area contributed by atoms with Gasteiger partial charge in [0.2, 0.25) is 0 Å². The summed E-state index contributed by atoms with van der Waals surface area (Å²) in [6, 6.07) is 12.5. The van der Waals surface area contributed by atoms with Gasteiger partial charge < -0.3 is 0 Å². The van der Waals surface area contributed by atoms with E-state index in [-0.39, 0.29) is 17.4 Å². The van der Waals surface area contributed by atoms with E-state index in [1.807, 2.05) is 37.2 Å². The Morgan fingerprint density at radius 1 is 0.224 bits per heavy atom. The normalized spacial score (nSPS) is 10.3. The molecule has 0 saturated heterocycles. The summed E-state index contributed by atoms with van der Waals surface area (Å²) < 4.78 is 0. The number of rotatable bonds is 3. The van der Waals surface area contributed by atoms with Crippen LogP contribution in [0.1, 0.15) is 66.8 Å². The summed E-state index contributed by atoms with van der Waals surface area (Å²) in [5, 5.41) is 0. The molecule has 6 aromatic heterocycles. The first-order valence-corrected chi connectivity index (χ1v) is 16.3. The molecule has 0 saturated carbocycles. The zero-order valence-corrected chi connectivity index (χ0v) is 32.3. The van der Waals surface area contributed by atoms with Crippen LogP contribution in [0.3, 0.4) is 0 Å². The second-order valence-corrected chi connectivity index (χ2v) is 12.9. The number of hydrogen-bond acceptors (Lipinski definition) is 6. The Balaban J connectivity index is 0.000000197. The van der Waals surface area contributed by atoms with Crippen molar-refractivity contribution in [3.8, 4) is 34.2 Å². The number of hydrogen-bond donors (Lipinski definition) is 0. The Bertz CT molecular complexity index is 1680. The Kier molecular flexibility index (Phi) is 13.6. The smallest absolute Gasteiger partial charge is 0.0889 e. The predicted octanol–water partition coefficient (Wildman–Crippen LogP) is 10.1. The van der Waals surface area contributed by atoms with Crippen molar-refractivity contribution in [2.75, 3.05) is 0 Å². The molecular formula is C42H48CrN6. The Morgan fingerprint density at radius 2 is 0.347 bits per heavy atom. The molecule has 0 bridgehead atoms. The Hall–Kier alpha value is -4.57. The van der Waals surface area contributed by atoms with E-state index < -0.39 is 0 Å². The van der Waals surface area contributed by atoms with Crippen LogP contribution >= 0.6 is 0 Å². The minimum Gasteiger partial charge on any atom is -0.254 e. The van der Waals surface area contributed by atoms with E-state index in [9.17, 15) is 0 Å². The average molecular weight is 689 g/mol. The van der Waals surface area contributed by atoms with Gasteiger partial charge in [-0.2, -0.15) is 0 Å². The van der Waals surface area contributed by atoms with E-state index in [0.717, 1.165) is 34.2 Å². The Morgan fingerprint density at radius 3 is 0.449 bits per heavy atom. The van der Waals surface area contributed by atoms with Crippen molar-refractivity contribution in [3.05, 3.63) is 140 Å². The van der Waals surface area contributed by atoms with Crippen molar-refractivity contribution in [2.24, 2.45) is 0 Å². The monoisotopic (exact) mass is 688 g/mol. The molecule has 6 aromatic rings. The molecule has 7 heteroatoms. The summed E-state index contributed by atoms with van der Waals surface area (Å²) in [7, 11) is 0. The number of aryl methyl sites for hydroxylation is 12. The van der Waals surface area contributed by atoms with Crippen LogP contribution < -0.4 is 0 Å². The number of nitrogens with zero attached hydrogens (tertiary/aromatic N) is 6. The van der Waals surface area contributed by atoms with Gasteiger partial charge in [0.05, 0.1) is 34.2 Å². The molecule has 0 atom stereocenters. The van der Waals surface area contributed by atoms with Crippen LogP contribution in [0, 0.1) is 83.1 Å². The molecule has 0 aliphatic heterocycles. The van der Waals surface area contributed by atoms with Crippen molar-refractivity contribution in [1.82, 2.24) is 29.9 Å². The third-order valence-corrected chi connectivity index (χ3v) is 9.02. The van der Waals surface area contributed by atoms with Crippen LogP contribution in [-0.2, 0) is 17.4 Å². The summed E-state index contributed by atoms with van der Waals surface area (Å²) in [4.78, 5) is 26.5. The van der Waals surface area contributed by atoms with E-state index in [1.165, 1.54) is 66.8 Å². The Labute approximate surface area is 303 Å². The fraction of sp³-hybridized carbons (Fsp3) is 0.286. The van der Waals surface area contributed by atoms with Gasteiger partial charge in [0.25, 0.3) is 0 Å². The first-order valence-electron chi connectivity index (χ1n) is 16.3. The van der Waals surface area contributed by atoms with E-state index in [2.05, 4.69) is 149 Å². The van der Waals surface area contributed by atoms with Gasteiger partial charge in [0.15, 0.2) is 0 Å². The molecular weight excluding hydrogens is 641 g/mol. The summed E-state index contributed by atoms with van der Waals surface area (Å²) in [5.74, 6) is 0. The molecule has 0 N–H and O–H groups in total. The minimum atomic E-state index is 0. The minimum absolute atomic E-state index is 0. The molecule has 6 nitrogen and oxygen atoms in total. The second-order valence-electron chi connectivity index (χ2n) is 12.9. The van der Waals surface area contributed by atoms with E-state index in [0.29, 0.717) is 0 Å². The summed E-state index contributed by atoms with van der Waals surface area (Å²) in [6.45, 7) is 25.0. The molecule has 252 valence electrons. The van der Waals surface area contributed by atoms with Gasteiger partial charge in [-0.1, -0.05) is 0 Å². The standard InChI is InChI=1S/3C14H16N2.Cr/c3*1-9-5-13(15-7-11(9)3)14-6-10(2)12(4)8-16-14;/h3*5-8H,1-4H3;. The quantitative estimate of drug-likeness (QED) is 0.184. The predicted molar refractivity (Wildman–Crippen MR) is 199 cm³/mol. The van der Waals surface area contributed by atoms with Gasteiger partial charge in [-0.3, -0.25) is 29.9 Å². The fourth-order valence-electron chi connectivity index (χ4n) is 4.59. The van der Waals surface area contributed by atoms with Crippen LogP contribution in [0.15, 0.2) is 73.6 Å². The molecule has 6 rings (SSSR count). The van der Waals surface area contributed by atoms with Crippen LogP contribution in [0.5, 0.6) is 0 Å². The largest absolute Gasteiger partial charge is 0.254 e. The SMILES string of the molecule is Cc1cnc(-c2cc(C)c(C)cn2)cc1C.Cc1cnc(-c2cc(C)c(C)cn2)cc1C.Cc1cnc(-c2cc(C)c(C)cn2)cc1C.[Cr]. The van der Waals surface area contributed by atoms with Crippen LogP contribution in [0.2, 0.25) is 0 Å². The molecule has 0 radical (unpaired) electrons. The van der Waals surface area contributed by atoms with Gasteiger partial charge in [-0.25, -0.2) is 0 Å². The second kappa shape index (κ2) is 17.2. The number of pyridine rings is 6. The van der Waals surface area contributed by atoms with Gasteiger partial charge >= 0.3 is 0 Å². The maximum atomic E-state index is 4.42. The first-order chi connectivity index (χ1) is 22.7. The van der Waals surface area contributed by atoms with Crippen LogP contribution in [-0.4, -0.2) is 29.9 Å². The maximum Gasteiger partial charge on any atom is 0.0889 e. The molecule has 0 amide bonds. The molecule has 0 aromatic carbocycles. The third kappa shape index (κ3) is 10.2. The van der Waals surface area contributed by atoms with Crippen molar-refractivity contribution in [2.45, 2.75) is 83.1 Å². The maximum absolute atomic E-state index is 4.42. The van der Waals surface area contributed by atoms with Crippen LogP contribution in [0.4, 0.5) is 0 Å². The molecule has 0 aliphatic carbocycles. The zero-order valence-electron chi connectivity index (χ0n) is 31.0. The fourth-order valence-corrected chi connectivity index (χ4v) is 4.59. The van der Waals surface area contributed by atoms with Gasteiger partial charge in [0, 0.05) is 54.5 Å². The summed E-state index contributed by atoms with van der Waals surface area (Å²) in [6.07, 6.45) is 11.4. The van der Waals surface area contributed by atoms with E-state index >= 15 is 0 Å². The first kappa shape index (κ1) is 38.9. The number of aromatic nitrogens is 6. The van der Waals surface area contributed by atoms with Gasteiger partial charge in [0.1, 0.15) is 0 Å². The van der Waals surface area contributed by atoms with Gasteiger partial charge in [-0.05, 0) is 186 Å². The van der Waals surface area contributed by atoms with E-state index in [1.54, 1.807) is 0 Å². The molecule has 0 fully saturated rings. The van der Waals surface area contributed by atoms with Crippen LogP contribution in [0.25, 0.3) is 34.2 Å². The van der Waals surface area contributed by atoms with E-state index in [4.69, 9.17) is 0 Å². The van der Waals surface area contributed by atoms with Gasteiger partial charge in [-0.15, -0.1) is 0 Å². The molecule has 6 heterocycles. The topological polar surface area (TPSA) is 77.3 Å². The summed E-state index contributed by atoms with van der Waals surface area (Å²) >= 11 is 0. The molecule has 49 heavy (non-hydrogen) atoms.